The lowest BCUT2D eigenvalue weighted by molar-refractivity contribution is -0.136. The van der Waals surface area contributed by atoms with E-state index in [-0.39, 0.29) is 12.0 Å². The van der Waals surface area contributed by atoms with Crippen LogP contribution in [0.4, 0.5) is 0 Å². The average Bonchev–Trinajstić information content (AvgIpc) is 3.07. The maximum atomic E-state index is 13.0. The lowest BCUT2D eigenvalue weighted by atomic mass is 9.97. The maximum Gasteiger partial charge on any atom is 0.227 e. The summed E-state index contributed by atoms with van der Waals surface area (Å²) in [5.74, 6) is 0.505. The normalized spacial score (nSPS) is 31.1. The van der Waals surface area contributed by atoms with Gasteiger partial charge in [0.2, 0.25) is 5.91 Å². The number of hydrogen-bond acceptors (Lipinski definition) is 4. The van der Waals surface area contributed by atoms with Crippen LogP contribution in [-0.2, 0) is 16.1 Å². The Labute approximate surface area is 150 Å². The van der Waals surface area contributed by atoms with E-state index in [1.807, 2.05) is 0 Å². The molecule has 3 aliphatic rings. The summed E-state index contributed by atoms with van der Waals surface area (Å²) in [4.78, 5) is 19.8. The van der Waals surface area contributed by atoms with Gasteiger partial charge in [0.15, 0.2) is 0 Å². The monoisotopic (exact) mass is 343 g/mol. The molecule has 136 valence electrons. The standard InChI is InChI=1S/C20H29N3O2/c1-21-9-5-8-17(13-21)20(24)23-14-18-19(15-23)25-11-10-22(18)12-16-6-3-2-4-7-16/h2-4,6-7,17-19H,5,8-15H2,1H3/t17-,18+,19-/m0/s1. The molecule has 0 saturated carbocycles. The molecule has 3 aliphatic heterocycles. The third-order valence-corrected chi connectivity index (χ3v) is 5.93. The molecule has 5 heteroatoms. The Morgan fingerprint density at radius 2 is 2.00 bits per heavy atom. The van der Waals surface area contributed by atoms with Gasteiger partial charge >= 0.3 is 0 Å². The highest BCUT2D eigenvalue weighted by atomic mass is 16.5. The molecule has 0 aliphatic carbocycles. The molecule has 0 radical (unpaired) electrons. The molecule has 3 fully saturated rings. The minimum absolute atomic E-state index is 0.168. The fourth-order valence-corrected chi connectivity index (χ4v) is 4.58. The van der Waals surface area contributed by atoms with Crippen molar-refractivity contribution in [1.29, 1.82) is 0 Å². The van der Waals surface area contributed by atoms with Gasteiger partial charge < -0.3 is 14.5 Å². The van der Waals surface area contributed by atoms with E-state index in [0.717, 1.165) is 58.7 Å². The van der Waals surface area contributed by atoms with Gasteiger partial charge in [0.25, 0.3) is 0 Å². The Bertz CT molecular complexity index is 594. The minimum Gasteiger partial charge on any atom is -0.373 e. The van der Waals surface area contributed by atoms with Crippen molar-refractivity contribution in [3.63, 3.8) is 0 Å². The fraction of sp³-hybridized carbons (Fsp3) is 0.650. The van der Waals surface area contributed by atoms with Crippen molar-refractivity contribution < 1.29 is 9.53 Å². The van der Waals surface area contributed by atoms with Crippen molar-refractivity contribution in [2.75, 3.05) is 46.4 Å². The lowest BCUT2D eigenvalue weighted by Crippen LogP contribution is -2.50. The molecule has 3 heterocycles. The number of ether oxygens (including phenoxy) is 1. The third-order valence-electron chi connectivity index (χ3n) is 5.93. The Morgan fingerprint density at radius 1 is 1.16 bits per heavy atom. The van der Waals surface area contributed by atoms with E-state index in [2.05, 4.69) is 52.1 Å². The number of rotatable bonds is 3. The average molecular weight is 343 g/mol. The van der Waals surface area contributed by atoms with Crippen LogP contribution in [0.5, 0.6) is 0 Å². The summed E-state index contributed by atoms with van der Waals surface area (Å²) in [6.45, 7) is 6.25. The Morgan fingerprint density at radius 3 is 2.80 bits per heavy atom. The van der Waals surface area contributed by atoms with Crippen LogP contribution in [0.2, 0.25) is 0 Å². The van der Waals surface area contributed by atoms with Crippen molar-refractivity contribution in [3.05, 3.63) is 35.9 Å². The topological polar surface area (TPSA) is 36.0 Å². The van der Waals surface area contributed by atoms with Gasteiger partial charge in [-0.25, -0.2) is 0 Å². The molecular formula is C20H29N3O2. The zero-order valence-corrected chi connectivity index (χ0v) is 15.1. The van der Waals surface area contributed by atoms with Crippen molar-refractivity contribution >= 4 is 5.91 Å². The molecule has 0 bridgehead atoms. The number of piperidine rings is 1. The van der Waals surface area contributed by atoms with E-state index in [9.17, 15) is 4.79 Å². The van der Waals surface area contributed by atoms with E-state index in [4.69, 9.17) is 4.74 Å². The first-order valence-corrected chi connectivity index (χ1v) is 9.57. The molecule has 1 aromatic carbocycles. The Hall–Kier alpha value is -1.43. The molecule has 25 heavy (non-hydrogen) atoms. The highest BCUT2D eigenvalue weighted by Gasteiger charge is 2.43. The molecule has 5 nitrogen and oxygen atoms in total. The Kier molecular flexibility index (Phi) is 5.06. The summed E-state index contributed by atoms with van der Waals surface area (Å²) >= 11 is 0. The second-order valence-electron chi connectivity index (χ2n) is 7.78. The molecule has 4 rings (SSSR count). The van der Waals surface area contributed by atoms with E-state index in [1.165, 1.54) is 5.56 Å². The number of carbonyl (C=O) groups excluding carboxylic acids is 1. The summed E-state index contributed by atoms with van der Waals surface area (Å²) in [6.07, 6.45) is 2.33. The largest absolute Gasteiger partial charge is 0.373 e. The summed E-state index contributed by atoms with van der Waals surface area (Å²) < 4.78 is 6.01. The van der Waals surface area contributed by atoms with Gasteiger partial charge in [-0.15, -0.1) is 0 Å². The number of benzene rings is 1. The molecule has 0 N–H and O–H groups in total. The predicted molar refractivity (Wildman–Crippen MR) is 97.2 cm³/mol. The quantitative estimate of drug-likeness (QED) is 0.832. The third kappa shape index (κ3) is 3.73. The summed E-state index contributed by atoms with van der Waals surface area (Å²) in [5.41, 5.74) is 1.34. The lowest BCUT2D eigenvalue weighted by Gasteiger charge is -2.36. The van der Waals surface area contributed by atoms with Crippen LogP contribution in [0.1, 0.15) is 18.4 Å². The van der Waals surface area contributed by atoms with Gasteiger partial charge in [0.05, 0.1) is 24.7 Å². The first kappa shape index (κ1) is 17.0. The first-order valence-electron chi connectivity index (χ1n) is 9.57. The van der Waals surface area contributed by atoms with Crippen LogP contribution in [0.3, 0.4) is 0 Å². The number of carbonyl (C=O) groups is 1. The van der Waals surface area contributed by atoms with Gasteiger partial charge in [0.1, 0.15) is 0 Å². The van der Waals surface area contributed by atoms with E-state index in [0.29, 0.717) is 11.9 Å². The highest BCUT2D eigenvalue weighted by molar-refractivity contribution is 5.79. The van der Waals surface area contributed by atoms with Gasteiger partial charge in [-0.05, 0) is 32.0 Å². The molecular weight excluding hydrogens is 314 g/mol. The summed E-state index contributed by atoms with van der Waals surface area (Å²) in [7, 11) is 2.12. The second kappa shape index (κ2) is 7.44. The zero-order chi connectivity index (χ0) is 17.2. The van der Waals surface area contributed by atoms with Crippen molar-refractivity contribution in [2.45, 2.75) is 31.5 Å². The molecule has 3 atom stereocenters. The molecule has 0 aromatic heterocycles. The van der Waals surface area contributed by atoms with Crippen LogP contribution in [-0.4, -0.2) is 79.1 Å². The van der Waals surface area contributed by atoms with Gasteiger partial charge in [0, 0.05) is 32.7 Å². The smallest absolute Gasteiger partial charge is 0.227 e. The summed E-state index contributed by atoms with van der Waals surface area (Å²) in [6, 6.07) is 10.9. The van der Waals surface area contributed by atoms with Gasteiger partial charge in [-0.1, -0.05) is 30.3 Å². The van der Waals surface area contributed by atoms with E-state index in [1.54, 1.807) is 0 Å². The fourth-order valence-electron chi connectivity index (χ4n) is 4.58. The minimum atomic E-state index is 0.168. The van der Waals surface area contributed by atoms with Gasteiger partial charge in [-0.3, -0.25) is 9.69 Å². The van der Waals surface area contributed by atoms with Crippen molar-refractivity contribution in [3.8, 4) is 0 Å². The number of hydrogen-bond donors (Lipinski definition) is 0. The van der Waals surface area contributed by atoms with Crippen LogP contribution < -0.4 is 0 Å². The predicted octanol–water partition coefficient (Wildman–Crippen LogP) is 1.44. The molecule has 1 aromatic rings. The van der Waals surface area contributed by atoms with Crippen molar-refractivity contribution in [2.24, 2.45) is 5.92 Å². The molecule has 1 amide bonds. The SMILES string of the molecule is CN1CCC[C@H](C(=O)N2C[C@@H]3OCCN(Cc4ccccc4)[C@@H]3C2)C1. The number of nitrogens with zero attached hydrogens (tertiary/aromatic N) is 3. The van der Waals surface area contributed by atoms with Gasteiger partial charge in [-0.2, -0.15) is 0 Å². The van der Waals surface area contributed by atoms with Crippen LogP contribution in [0, 0.1) is 5.92 Å². The van der Waals surface area contributed by atoms with Crippen LogP contribution in [0.15, 0.2) is 30.3 Å². The second-order valence-corrected chi connectivity index (χ2v) is 7.78. The molecule has 0 unspecified atom stereocenters. The number of amides is 1. The van der Waals surface area contributed by atoms with Crippen molar-refractivity contribution in [1.82, 2.24) is 14.7 Å². The number of likely N-dealkylation sites (tertiary alicyclic amines) is 2. The zero-order valence-electron chi connectivity index (χ0n) is 15.1. The maximum absolute atomic E-state index is 13.0. The number of morpholine rings is 1. The Balaban J connectivity index is 1.41. The molecule has 0 spiro atoms. The summed E-state index contributed by atoms with van der Waals surface area (Å²) in [5, 5.41) is 0. The first-order chi connectivity index (χ1) is 12.2. The molecule has 3 saturated heterocycles. The highest BCUT2D eigenvalue weighted by Crippen LogP contribution is 2.27. The number of fused-ring (bicyclic) bond motifs is 1. The van der Waals surface area contributed by atoms with Crippen LogP contribution in [0.25, 0.3) is 0 Å². The van der Waals surface area contributed by atoms with E-state index >= 15 is 0 Å². The van der Waals surface area contributed by atoms with Crippen LogP contribution >= 0.6 is 0 Å². The van der Waals surface area contributed by atoms with E-state index < -0.39 is 0 Å².